The number of hydrogen-bond acceptors (Lipinski definition) is 5. The summed E-state index contributed by atoms with van der Waals surface area (Å²) in [4.78, 5) is 4.48. The van der Waals surface area contributed by atoms with Gasteiger partial charge in [-0.1, -0.05) is 41.4 Å². The molecule has 4 rings (SSSR count). The number of benzene rings is 2. The summed E-state index contributed by atoms with van der Waals surface area (Å²) >= 11 is 6.50. The highest BCUT2D eigenvalue weighted by Gasteiger charge is 2.36. The van der Waals surface area contributed by atoms with Crippen LogP contribution in [0.2, 0.25) is 5.15 Å². The van der Waals surface area contributed by atoms with Gasteiger partial charge >= 0.3 is 0 Å². The van der Waals surface area contributed by atoms with Crippen LogP contribution in [0.1, 0.15) is 36.1 Å². The SMILES string of the molecule is CCOc1ccc2nc(Cl)c([C@H]3CC(c4ccc(C)cc4)=NN3S(C)(=O)=O)cc2c1. The molecule has 2 aromatic carbocycles. The Bertz CT molecular complexity index is 1240. The van der Waals surface area contributed by atoms with Crippen molar-refractivity contribution in [2.75, 3.05) is 12.9 Å². The molecule has 1 aliphatic heterocycles. The van der Waals surface area contributed by atoms with Gasteiger partial charge in [-0.15, -0.1) is 0 Å². The summed E-state index contributed by atoms with van der Waals surface area (Å²) in [5.41, 5.74) is 4.05. The van der Waals surface area contributed by atoms with Crippen molar-refractivity contribution in [2.24, 2.45) is 5.10 Å². The molecule has 2 heterocycles. The molecule has 0 unspecified atom stereocenters. The molecule has 0 radical (unpaired) electrons. The molecule has 6 nitrogen and oxygen atoms in total. The molecule has 0 fully saturated rings. The lowest BCUT2D eigenvalue weighted by atomic mass is 9.98. The zero-order valence-electron chi connectivity index (χ0n) is 17.0. The Morgan fingerprint density at radius 1 is 1.17 bits per heavy atom. The summed E-state index contributed by atoms with van der Waals surface area (Å²) in [7, 11) is -3.60. The van der Waals surface area contributed by atoms with Crippen LogP contribution in [-0.2, 0) is 10.0 Å². The van der Waals surface area contributed by atoms with Gasteiger partial charge in [-0.2, -0.15) is 9.52 Å². The van der Waals surface area contributed by atoms with Crippen LogP contribution in [0.15, 0.2) is 53.6 Å². The minimum atomic E-state index is -3.60. The maximum absolute atomic E-state index is 12.5. The second kappa shape index (κ2) is 7.89. The Balaban J connectivity index is 1.78. The van der Waals surface area contributed by atoms with Crippen molar-refractivity contribution in [3.8, 4) is 5.75 Å². The fourth-order valence-corrected chi connectivity index (χ4v) is 4.75. The van der Waals surface area contributed by atoms with Gasteiger partial charge in [0.2, 0.25) is 10.0 Å². The van der Waals surface area contributed by atoms with Gasteiger partial charge in [-0.25, -0.2) is 13.4 Å². The molecular formula is C22H22ClN3O3S. The van der Waals surface area contributed by atoms with Crippen LogP contribution >= 0.6 is 11.6 Å². The molecule has 1 aromatic heterocycles. The zero-order chi connectivity index (χ0) is 21.5. The fourth-order valence-electron chi connectivity index (χ4n) is 3.58. The average molecular weight is 444 g/mol. The van der Waals surface area contributed by atoms with Crippen molar-refractivity contribution in [2.45, 2.75) is 26.3 Å². The first kappa shape index (κ1) is 20.6. The monoisotopic (exact) mass is 443 g/mol. The molecule has 30 heavy (non-hydrogen) atoms. The van der Waals surface area contributed by atoms with E-state index in [0.29, 0.717) is 24.3 Å². The van der Waals surface area contributed by atoms with E-state index in [1.807, 2.05) is 62.4 Å². The minimum absolute atomic E-state index is 0.269. The summed E-state index contributed by atoms with van der Waals surface area (Å²) in [6, 6.07) is 14.7. The van der Waals surface area contributed by atoms with Crippen molar-refractivity contribution < 1.29 is 13.2 Å². The number of pyridine rings is 1. The second-order valence-electron chi connectivity index (χ2n) is 7.32. The Kier molecular flexibility index (Phi) is 5.42. The molecule has 0 amide bonds. The first-order chi connectivity index (χ1) is 14.3. The lowest BCUT2D eigenvalue weighted by molar-refractivity contribution is 0.340. The van der Waals surface area contributed by atoms with Crippen LogP contribution in [0.4, 0.5) is 0 Å². The summed E-state index contributed by atoms with van der Waals surface area (Å²) < 4.78 is 31.7. The van der Waals surface area contributed by atoms with Gasteiger partial charge in [0, 0.05) is 17.4 Å². The van der Waals surface area contributed by atoms with Crippen molar-refractivity contribution in [1.29, 1.82) is 0 Å². The molecule has 0 bridgehead atoms. The average Bonchev–Trinajstić information content (AvgIpc) is 3.14. The van der Waals surface area contributed by atoms with E-state index in [0.717, 1.165) is 38.4 Å². The van der Waals surface area contributed by atoms with E-state index in [4.69, 9.17) is 16.3 Å². The summed E-state index contributed by atoms with van der Waals surface area (Å²) in [5, 5.41) is 5.54. The van der Waals surface area contributed by atoms with Crippen LogP contribution in [0, 0.1) is 6.92 Å². The molecule has 8 heteroatoms. The molecule has 1 aliphatic rings. The number of ether oxygens (including phenoxy) is 1. The first-order valence-electron chi connectivity index (χ1n) is 9.63. The Hall–Kier alpha value is -2.64. The summed E-state index contributed by atoms with van der Waals surface area (Å²) in [6.07, 6.45) is 1.56. The molecule has 0 spiro atoms. The van der Waals surface area contributed by atoms with Crippen molar-refractivity contribution in [3.63, 3.8) is 0 Å². The normalized spacial score (nSPS) is 16.7. The van der Waals surface area contributed by atoms with E-state index in [2.05, 4.69) is 10.1 Å². The van der Waals surface area contributed by atoms with E-state index in [1.54, 1.807) is 0 Å². The highest BCUT2D eigenvalue weighted by molar-refractivity contribution is 7.88. The number of sulfonamides is 1. The standard InChI is InChI=1S/C22H22ClN3O3S/c1-4-29-17-9-10-19-16(11-17)12-18(22(23)24-19)21-13-20(25-26(21)30(3,27)28)15-7-5-14(2)6-8-15/h5-12,21H,4,13H2,1-3H3/t21-/m1/s1. The van der Waals surface area contributed by atoms with E-state index in [9.17, 15) is 8.42 Å². The van der Waals surface area contributed by atoms with Gasteiger partial charge in [0.15, 0.2) is 0 Å². The summed E-state index contributed by atoms with van der Waals surface area (Å²) in [5.74, 6) is 0.725. The number of aromatic nitrogens is 1. The number of aryl methyl sites for hydroxylation is 1. The highest BCUT2D eigenvalue weighted by Crippen LogP contribution is 2.38. The molecule has 3 aromatic rings. The zero-order valence-corrected chi connectivity index (χ0v) is 18.5. The van der Waals surface area contributed by atoms with Gasteiger partial charge in [0.05, 0.1) is 30.1 Å². The summed E-state index contributed by atoms with van der Waals surface area (Å²) in [6.45, 7) is 4.47. The first-order valence-corrected chi connectivity index (χ1v) is 11.9. The second-order valence-corrected chi connectivity index (χ2v) is 9.52. The van der Waals surface area contributed by atoms with Gasteiger partial charge in [-0.05, 0) is 43.7 Å². The van der Waals surface area contributed by atoms with Gasteiger partial charge < -0.3 is 4.74 Å². The third-order valence-electron chi connectivity index (χ3n) is 5.03. The largest absolute Gasteiger partial charge is 0.494 e. The van der Waals surface area contributed by atoms with Crippen molar-refractivity contribution >= 4 is 38.2 Å². The molecule has 156 valence electrons. The third kappa shape index (κ3) is 4.00. The van der Waals surface area contributed by atoms with E-state index < -0.39 is 16.1 Å². The highest BCUT2D eigenvalue weighted by atomic mass is 35.5. The fraction of sp³-hybridized carbons (Fsp3) is 0.273. The van der Waals surface area contributed by atoms with Crippen LogP contribution < -0.4 is 4.74 Å². The topological polar surface area (TPSA) is 71.9 Å². The van der Waals surface area contributed by atoms with E-state index in [1.165, 1.54) is 0 Å². The van der Waals surface area contributed by atoms with Crippen molar-refractivity contribution in [1.82, 2.24) is 9.40 Å². The maximum atomic E-state index is 12.5. The van der Waals surface area contributed by atoms with Crippen LogP contribution in [0.3, 0.4) is 0 Å². The smallest absolute Gasteiger partial charge is 0.247 e. The molecule has 0 aliphatic carbocycles. The van der Waals surface area contributed by atoms with Crippen LogP contribution in [0.5, 0.6) is 5.75 Å². The molecule has 1 atom stereocenters. The molecule has 0 saturated carbocycles. The lowest BCUT2D eigenvalue weighted by Gasteiger charge is -2.22. The van der Waals surface area contributed by atoms with Crippen molar-refractivity contribution in [3.05, 3.63) is 70.4 Å². The molecular weight excluding hydrogens is 422 g/mol. The minimum Gasteiger partial charge on any atom is -0.494 e. The number of hydrogen-bond donors (Lipinski definition) is 0. The molecule has 0 saturated heterocycles. The van der Waals surface area contributed by atoms with E-state index in [-0.39, 0.29) is 5.15 Å². The number of rotatable bonds is 5. The number of halogens is 1. The Labute approximate surface area is 181 Å². The predicted molar refractivity (Wildman–Crippen MR) is 120 cm³/mol. The maximum Gasteiger partial charge on any atom is 0.247 e. The Morgan fingerprint density at radius 3 is 2.57 bits per heavy atom. The number of nitrogens with zero attached hydrogens (tertiary/aromatic N) is 3. The molecule has 0 N–H and O–H groups in total. The van der Waals surface area contributed by atoms with Gasteiger partial charge in [-0.3, -0.25) is 0 Å². The number of hydrazone groups is 1. The van der Waals surface area contributed by atoms with Gasteiger partial charge in [0.1, 0.15) is 10.9 Å². The predicted octanol–water partition coefficient (Wildman–Crippen LogP) is 4.71. The Morgan fingerprint density at radius 2 is 1.90 bits per heavy atom. The third-order valence-corrected chi connectivity index (χ3v) is 6.35. The quantitative estimate of drug-likeness (QED) is 0.535. The van der Waals surface area contributed by atoms with Gasteiger partial charge in [0.25, 0.3) is 0 Å². The van der Waals surface area contributed by atoms with E-state index >= 15 is 0 Å². The lowest BCUT2D eigenvalue weighted by Crippen LogP contribution is -2.26. The van der Waals surface area contributed by atoms with Crippen LogP contribution in [0.25, 0.3) is 10.9 Å². The number of fused-ring (bicyclic) bond motifs is 1. The van der Waals surface area contributed by atoms with Crippen LogP contribution in [-0.4, -0.2) is 36.4 Å².